The third-order valence-corrected chi connectivity index (χ3v) is 6.94. The first-order valence-corrected chi connectivity index (χ1v) is 11.4. The summed E-state index contributed by atoms with van der Waals surface area (Å²) in [6.45, 7) is 2.39. The zero-order valence-corrected chi connectivity index (χ0v) is 16.4. The predicted octanol–water partition coefficient (Wildman–Crippen LogP) is 4.30. The molecule has 0 unspecified atom stereocenters. The number of nitrogens with zero attached hydrogens (tertiary/aromatic N) is 1. The van der Waals surface area contributed by atoms with Crippen molar-refractivity contribution in [3.8, 4) is 0 Å². The lowest BCUT2D eigenvalue weighted by atomic mass is 10.1. The van der Waals surface area contributed by atoms with Gasteiger partial charge in [0, 0.05) is 17.6 Å². The molecule has 25 heavy (non-hydrogen) atoms. The Morgan fingerprint density at radius 3 is 2.56 bits per heavy atom. The molecule has 2 aromatic rings. The van der Waals surface area contributed by atoms with Gasteiger partial charge in [-0.2, -0.15) is 11.3 Å². The van der Waals surface area contributed by atoms with E-state index in [2.05, 4.69) is 21.1 Å². The summed E-state index contributed by atoms with van der Waals surface area (Å²) in [5.41, 5.74) is 1.18. The minimum atomic E-state index is -3.57. The number of thiophene rings is 1. The second-order valence-electron chi connectivity index (χ2n) is 6.33. The van der Waals surface area contributed by atoms with Gasteiger partial charge >= 0.3 is 0 Å². The Morgan fingerprint density at radius 1 is 1.16 bits per heavy atom. The van der Waals surface area contributed by atoms with Gasteiger partial charge in [-0.1, -0.05) is 30.5 Å². The molecule has 3 rings (SSSR count). The zero-order chi connectivity index (χ0) is 17.7. The lowest BCUT2D eigenvalue weighted by Gasteiger charge is -2.30. The third-order valence-electron chi connectivity index (χ3n) is 4.58. The molecule has 0 radical (unpaired) electrons. The zero-order valence-electron chi connectivity index (χ0n) is 14.0. The highest BCUT2D eigenvalue weighted by molar-refractivity contribution is 7.89. The minimum absolute atomic E-state index is 0.0679. The van der Waals surface area contributed by atoms with Gasteiger partial charge in [0.05, 0.1) is 4.90 Å². The van der Waals surface area contributed by atoms with E-state index in [-0.39, 0.29) is 10.9 Å². The fourth-order valence-electron chi connectivity index (χ4n) is 3.24. The topological polar surface area (TPSA) is 49.4 Å². The minimum Gasteiger partial charge on any atom is -0.295 e. The fraction of sp³-hybridized carbons (Fsp3) is 0.444. The van der Waals surface area contributed by atoms with Crippen LogP contribution in [0.15, 0.2) is 46.0 Å². The lowest BCUT2D eigenvalue weighted by Crippen LogP contribution is -2.38. The number of likely N-dealkylation sites (tertiary alicyclic amines) is 1. The molecule has 0 bridgehead atoms. The molecule has 136 valence electrons. The number of hydrogen-bond acceptors (Lipinski definition) is 4. The summed E-state index contributed by atoms with van der Waals surface area (Å²) < 4.78 is 28.0. The van der Waals surface area contributed by atoms with Crippen LogP contribution in [0, 0.1) is 0 Å². The smallest absolute Gasteiger partial charge is 0.240 e. The Kier molecular flexibility index (Phi) is 6.52. The summed E-state index contributed by atoms with van der Waals surface area (Å²) in [6.07, 6.45) is 4.84. The Labute approximate surface area is 158 Å². The third kappa shape index (κ3) is 5.05. The van der Waals surface area contributed by atoms with Crippen LogP contribution in [-0.2, 0) is 10.0 Å². The van der Waals surface area contributed by atoms with Gasteiger partial charge in [-0.3, -0.25) is 4.90 Å². The van der Waals surface area contributed by atoms with Gasteiger partial charge in [-0.05, 0) is 66.5 Å². The first-order chi connectivity index (χ1) is 12.1. The molecule has 0 aliphatic carbocycles. The Bertz CT molecular complexity index is 770. The normalized spacial score (nSPS) is 18.0. The summed E-state index contributed by atoms with van der Waals surface area (Å²) in [6, 6.07) is 8.54. The molecule has 1 aromatic carbocycles. The van der Waals surface area contributed by atoms with E-state index in [0.717, 1.165) is 13.1 Å². The highest BCUT2D eigenvalue weighted by Gasteiger charge is 2.24. The highest BCUT2D eigenvalue weighted by atomic mass is 35.5. The number of hydrogen-bond donors (Lipinski definition) is 1. The van der Waals surface area contributed by atoms with Crippen LogP contribution < -0.4 is 4.72 Å². The second-order valence-corrected chi connectivity index (χ2v) is 9.32. The molecule has 1 saturated heterocycles. The number of sulfonamides is 1. The van der Waals surface area contributed by atoms with Crippen LogP contribution in [0.5, 0.6) is 0 Å². The average molecular weight is 399 g/mol. The van der Waals surface area contributed by atoms with Gasteiger partial charge in [0.1, 0.15) is 0 Å². The SMILES string of the molecule is O=S(=O)(NC[C@H](c1ccsc1)N1CCCCCC1)c1cccc(Cl)c1. The Morgan fingerprint density at radius 2 is 1.92 bits per heavy atom. The maximum atomic E-state index is 12.6. The summed E-state index contributed by atoms with van der Waals surface area (Å²) >= 11 is 7.58. The van der Waals surface area contributed by atoms with Crippen molar-refractivity contribution in [2.45, 2.75) is 36.6 Å². The van der Waals surface area contributed by atoms with Crippen molar-refractivity contribution < 1.29 is 8.42 Å². The molecule has 1 aliphatic rings. The summed E-state index contributed by atoms with van der Waals surface area (Å²) in [5.74, 6) is 0. The first-order valence-electron chi connectivity index (χ1n) is 8.58. The van der Waals surface area contributed by atoms with Gasteiger partial charge in [-0.15, -0.1) is 0 Å². The van der Waals surface area contributed by atoms with Crippen LogP contribution >= 0.6 is 22.9 Å². The van der Waals surface area contributed by atoms with Gasteiger partial charge < -0.3 is 0 Å². The largest absolute Gasteiger partial charge is 0.295 e. The number of nitrogens with one attached hydrogen (secondary N) is 1. The van der Waals surface area contributed by atoms with Crippen molar-refractivity contribution in [3.05, 3.63) is 51.7 Å². The molecule has 0 saturated carbocycles. The van der Waals surface area contributed by atoms with Crippen molar-refractivity contribution in [2.24, 2.45) is 0 Å². The van der Waals surface area contributed by atoms with Crippen molar-refractivity contribution in [3.63, 3.8) is 0 Å². The number of benzene rings is 1. The second kappa shape index (κ2) is 8.64. The molecule has 1 fully saturated rings. The molecular weight excluding hydrogens is 376 g/mol. The summed E-state index contributed by atoms with van der Waals surface area (Å²) in [5, 5.41) is 4.58. The molecule has 1 N–H and O–H groups in total. The monoisotopic (exact) mass is 398 g/mol. The van der Waals surface area contributed by atoms with E-state index in [9.17, 15) is 8.42 Å². The molecule has 1 aromatic heterocycles. The Balaban J connectivity index is 1.76. The molecular formula is C18H23ClN2O2S2. The van der Waals surface area contributed by atoms with E-state index in [1.807, 2.05) is 5.38 Å². The highest BCUT2D eigenvalue weighted by Crippen LogP contribution is 2.26. The fourth-order valence-corrected chi connectivity index (χ4v) is 5.28. The standard InChI is InChI=1S/C18H23ClN2O2S2/c19-16-6-5-7-17(12-16)25(22,23)20-13-18(15-8-11-24-14-15)21-9-3-1-2-4-10-21/h5-8,11-12,14,18,20H,1-4,9-10,13H2/t18-/m1/s1. The molecule has 0 amide bonds. The quantitative estimate of drug-likeness (QED) is 0.789. The van der Waals surface area contributed by atoms with E-state index >= 15 is 0 Å². The van der Waals surface area contributed by atoms with Crippen LogP contribution in [0.1, 0.15) is 37.3 Å². The van der Waals surface area contributed by atoms with Crippen molar-refractivity contribution in [2.75, 3.05) is 19.6 Å². The van der Waals surface area contributed by atoms with Crippen molar-refractivity contribution in [1.29, 1.82) is 0 Å². The Hall–Kier alpha value is -0.920. The van der Waals surface area contributed by atoms with Gasteiger partial charge in [0.25, 0.3) is 0 Å². The van der Waals surface area contributed by atoms with Crippen LogP contribution in [-0.4, -0.2) is 33.0 Å². The molecule has 4 nitrogen and oxygen atoms in total. The summed E-state index contributed by atoms with van der Waals surface area (Å²) in [4.78, 5) is 2.62. The van der Waals surface area contributed by atoms with E-state index in [1.165, 1.54) is 37.3 Å². The molecule has 7 heteroatoms. The number of halogens is 1. The van der Waals surface area contributed by atoms with Crippen LogP contribution in [0.3, 0.4) is 0 Å². The van der Waals surface area contributed by atoms with E-state index in [0.29, 0.717) is 11.6 Å². The molecule has 2 heterocycles. The van der Waals surface area contributed by atoms with Gasteiger partial charge in [-0.25, -0.2) is 13.1 Å². The first kappa shape index (κ1) is 18.9. The average Bonchev–Trinajstić information content (AvgIpc) is 2.98. The molecule has 0 spiro atoms. The van der Waals surface area contributed by atoms with E-state index in [1.54, 1.807) is 29.5 Å². The van der Waals surface area contributed by atoms with E-state index in [4.69, 9.17) is 11.6 Å². The van der Waals surface area contributed by atoms with Crippen molar-refractivity contribution >= 4 is 33.0 Å². The van der Waals surface area contributed by atoms with Crippen LogP contribution in [0.4, 0.5) is 0 Å². The van der Waals surface area contributed by atoms with E-state index < -0.39 is 10.0 Å². The van der Waals surface area contributed by atoms with Gasteiger partial charge in [0.15, 0.2) is 0 Å². The lowest BCUT2D eigenvalue weighted by molar-refractivity contribution is 0.206. The number of rotatable bonds is 6. The summed E-state index contributed by atoms with van der Waals surface area (Å²) in [7, 11) is -3.57. The van der Waals surface area contributed by atoms with Crippen LogP contribution in [0.25, 0.3) is 0 Å². The van der Waals surface area contributed by atoms with Crippen LogP contribution in [0.2, 0.25) is 5.02 Å². The molecule has 1 atom stereocenters. The maximum absolute atomic E-state index is 12.6. The predicted molar refractivity (Wildman–Crippen MR) is 104 cm³/mol. The molecule has 1 aliphatic heterocycles. The van der Waals surface area contributed by atoms with Crippen molar-refractivity contribution in [1.82, 2.24) is 9.62 Å². The maximum Gasteiger partial charge on any atom is 0.240 e. The van der Waals surface area contributed by atoms with Gasteiger partial charge in [0.2, 0.25) is 10.0 Å².